The second kappa shape index (κ2) is 16.2. The van der Waals surface area contributed by atoms with Crippen molar-refractivity contribution in [2.75, 3.05) is 4.90 Å². The Bertz CT molecular complexity index is 2690. The molecule has 0 N–H and O–H groups in total. The van der Waals surface area contributed by atoms with Crippen LogP contribution in [0.2, 0.25) is 0 Å². The first kappa shape index (κ1) is 35.5. The van der Waals surface area contributed by atoms with E-state index in [4.69, 9.17) is 11.0 Å². The molecule has 54 heavy (non-hydrogen) atoms. The first-order valence-electron chi connectivity index (χ1n) is 18.2. The van der Waals surface area contributed by atoms with Crippen molar-refractivity contribution >= 4 is 66.9 Å². The predicted octanol–water partition coefficient (Wildman–Crippen LogP) is 14.8. The molecule has 0 saturated carbocycles. The summed E-state index contributed by atoms with van der Waals surface area (Å²) in [4.78, 5) is 2.17. The minimum Gasteiger partial charge on any atom is -0.456 e. The molecule has 0 amide bonds. The van der Waals surface area contributed by atoms with E-state index in [1.807, 2.05) is 54.6 Å². The number of allylic oxidation sites excluding steroid dienone is 10. The minimum absolute atomic E-state index is 0.00274. The zero-order valence-electron chi connectivity index (χ0n) is 30.5. The molecule has 2 nitrogen and oxygen atoms in total. The summed E-state index contributed by atoms with van der Waals surface area (Å²) in [5.41, 5.74) is 9.12. The Labute approximate surface area is 318 Å². The highest BCUT2D eigenvalue weighted by Gasteiger charge is 2.19. The average molecular weight is 698 g/mol. The molecule has 0 aliphatic heterocycles. The largest absolute Gasteiger partial charge is 0.456 e. The topological polar surface area (TPSA) is 16.4 Å². The van der Waals surface area contributed by atoms with Gasteiger partial charge in [0.1, 0.15) is 11.2 Å². The first-order valence-corrected chi connectivity index (χ1v) is 18.2. The number of anilines is 1. The molecule has 0 saturated heterocycles. The summed E-state index contributed by atoms with van der Waals surface area (Å²) >= 11 is 0. The van der Waals surface area contributed by atoms with Crippen LogP contribution in [0.5, 0.6) is 0 Å². The fourth-order valence-corrected chi connectivity index (χ4v) is 7.14. The Morgan fingerprint density at radius 1 is 0.630 bits per heavy atom. The SMILES string of the molecule is C=C/C=C\c1cc2ccccc2cc1/C(C=C)=C/C=C/N(C(=C)CC(C=C)c1cc2ccccc2cc1/C=C\C=C)c1ccc2oc3ccccc3c2c1. The molecule has 1 aromatic heterocycles. The highest BCUT2D eigenvalue weighted by atomic mass is 16.3. The van der Waals surface area contributed by atoms with Crippen LogP contribution in [0, 0.1) is 0 Å². The summed E-state index contributed by atoms with van der Waals surface area (Å²) in [5, 5.41) is 6.86. The van der Waals surface area contributed by atoms with Crippen LogP contribution in [0.1, 0.15) is 34.6 Å². The summed E-state index contributed by atoms with van der Waals surface area (Å²) in [5.74, 6) is -0.00274. The molecule has 1 heterocycles. The summed E-state index contributed by atoms with van der Waals surface area (Å²) in [6.07, 6.45) is 22.6. The predicted molar refractivity (Wildman–Crippen MR) is 237 cm³/mol. The molecule has 0 fully saturated rings. The van der Waals surface area contributed by atoms with Crippen molar-refractivity contribution in [2.24, 2.45) is 0 Å². The molecule has 0 aliphatic rings. The van der Waals surface area contributed by atoms with E-state index in [1.54, 1.807) is 6.08 Å². The van der Waals surface area contributed by atoms with Gasteiger partial charge in [-0.3, -0.25) is 0 Å². The van der Waals surface area contributed by atoms with E-state index in [9.17, 15) is 0 Å². The van der Waals surface area contributed by atoms with Gasteiger partial charge in [-0.15, -0.1) is 6.58 Å². The Balaban J connectivity index is 1.31. The second-order valence-electron chi connectivity index (χ2n) is 13.2. The normalized spacial score (nSPS) is 12.7. The smallest absolute Gasteiger partial charge is 0.135 e. The Morgan fingerprint density at radius 3 is 1.93 bits per heavy atom. The maximum absolute atomic E-state index is 6.20. The maximum atomic E-state index is 6.20. The number of nitrogens with zero attached hydrogens (tertiary/aromatic N) is 1. The molecule has 7 rings (SSSR count). The van der Waals surface area contributed by atoms with Gasteiger partial charge in [-0.25, -0.2) is 0 Å². The molecule has 1 unspecified atom stereocenters. The van der Waals surface area contributed by atoms with Gasteiger partial charge >= 0.3 is 0 Å². The molecule has 2 heteroatoms. The summed E-state index contributed by atoms with van der Waals surface area (Å²) in [7, 11) is 0. The molecular formula is C52H43NO. The average Bonchev–Trinajstić information content (AvgIpc) is 3.58. The lowest BCUT2D eigenvalue weighted by atomic mass is 9.88. The van der Waals surface area contributed by atoms with E-state index < -0.39 is 0 Å². The van der Waals surface area contributed by atoms with Crippen molar-refractivity contribution < 1.29 is 4.42 Å². The van der Waals surface area contributed by atoms with Gasteiger partial charge in [0.05, 0.1) is 0 Å². The first-order chi connectivity index (χ1) is 26.5. The Morgan fingerprint density at radius 2 is 1.24 bits per heavy atom. The molecule has 0 radical (unpaired) electrons. The Hall–Kier alpha value is -6.90. The maximum Gasteiger partial charge on any atom is 0.135 e. The molecule has 262 valence electrons. The van der Waals surface area contributed by atoms with Crippen LogP contribution >= 0.6 is 0 Å². The summed E-state index contributed by atoms with van der Waals surface area (Å²) in [6.45, 7) is 21.0. The monoisotopic (exact) mass is 697 g/mol. The van der Waals surface area contributed by atoms with Gasteiger partial charge in [0.25, 0.3) is 0 Å². The number of fused-ring (bicyclic) bond motifs is 5. The molecule has 1 atom stereocenters. The number of hydrogen-bond donors (Lipinski definition) is 0. The quantitative estimate of drug-likeness (QED) is 0.0831. The van der Waals surface area contributed by atoms with E-state index in [1.165, 1.54) is 27.1 Å². The fraction of sp³-hybridized carbons (Fsp3) is 0.0385. The van der Waals surface area contributed by atoms with Gasteiger partial charge in [0, 0.05) is 34.3 Å². The van der Waals surface area contributed by atoms with Crippen molar-refractivity contribution in [3.8, 4) is 0 Å². The third-order valence-electron chi connectivity index (χ3n) is 9.85. The van der Waals surface area contributed by atoms with Crippen LogP contribution in [-0.4, -0.2) is 0 Å². The van der Waals surface area contributed by atoms with Crippen molar-refractivity contribution in [1.82, 2.24) is 0 Å². The van der Waals surface area contributed by atoms with Crippen molar-refractivity contribution in [1.29, 1.82) is 0 Å². The number of furan rings is 1. The van der Waals surface area contributed by atoms with E-state index in [0.717, 1.165) is 55.6 Å². The minimum atomic E-state index is -0.00274. The highest BCUT2D eigenvalue weighted by molar-refractivity contribution is 6.06. The van der Waals surface area contributed by atoms with Gasteiger partial charge in [0.15, 0.2) is 0 Å². The summed E-state index contributed by atoms with van der Waals surface area (Å²) < 4.78 is 6.20. The van der Waals surface area contributed by atoms with E-state index >= 15 is 0 Å². The van der Waals surface area contributed by atoms with Crippen molar-refractivity contribution in [3.05, 3.63) is 231 Å². The lowest BCUT2D eigenvalue weighted by Crippen LogP contribution is -2.16. The van der Waals surface area contributed by atoms with Crippen LogP contribution < -0.4 is 4.90 Å². The number of para-hydroxylation sites is 1. The van der Waals surface area contributed by atoms with Gasteiger partial charge in [-0.1, -0.05) is 148 Å². The number of hydrogen-bond acceptors (Lipinski definition) is 2. The van der Waals surface area contributed by atoms with E-state index in [-0.39, 0.29) is 5.92 Å². The van der Waals surface area contributed by atoms with E-state index in [2.05, 4.69) is 153 Å². The molecule has 0 spiro atoms. The standard InChI is InChI=1S/C52H43NO/c1-6-10-19-44-32-40-21-12-14-23-42(40)34-48(44)38(8-3)25-18-30-53(46-28-29-52-50(36-46)47-26-16-17-27-51(47)54-52)37(5)31-39(9-4)49-35-43-24-15-13-22-41(43)33-45(49)20-11-7-2/h6-30,32-36,39H,1-5,31H2/b19-10-,20-11-,30-18+,38-25+. The molecule has 0 aliphatic carbocycles. The van der Waals surface area contributed by atoms with Gasteiger partial charge in [0.2, 0.25) is 0 Å². The number of rotatable bonds is 14. The highest BCUT2D eigenvalue weighted by Crippen LogP contribution is 2.37. The van der Waals surface area contributed by atoms with Crippen LogP contribution in [0.3, 0.4) is 0 Å². The molecule has 7 aromatic rings. The Kier molecular flexibility index (Phi) is 10.6. The zero-order chi connectivity index (χ0) is 37.4. The van der Waals surface area contributed by atoms with Crippen molar-refractivity contribution in [3.63, 3.8) is 0 Å². The van der Waals surface area contributed by atoms with Gasteiger partial charge < -0.3 is 9.32 Å². The van der Waals surface area contributed by atoms with Gasteiger partial charge in [-0.2, -0.15) is 0 Å². The van der Waals surface area contributed by atoms with Crippen LogP contribution in [0.15, 0.2) is 213 Å². The number of benzene rings is 6. The third-order valence-corrected chi connectivity index (χ3v) is 9.85. The van der Waals surface area contributed by atoms with Crippen LogP contribution in [-0.2, 0) is 0 Å². The second-order valence-corrected chi connectivity index (χ2v) is 13.2. The van der Waals surface area contributed by atoms with Gasteiger partial charge in [-0.05, 0) is 110 Å². The third kappa shape index (κ3) is 7.37. The van der Waals surface area contributed by atoms with Crippen LogP contribution in [0.4, 0.5) is 5.69 Å². The zero-order valence-corrected chi connectivity index (χ0v) is 30.5. The molecular weight excluding hydrogens is 655 g/mol. The lowest BCUT2D eigenvalue weighted by molar-refractivity contribution is 0.669. The van der Waals surface area contributed by atoms with E-state index in [0.29, 0.717) is 6.42 Å². The molecule has 0 bridgehead atoms. The van der Waals surface area contributed by atoms with Crippen LogP contribution in [0.25, 0.3) is 61.2 Å². The molecule has 6 aromatic carbocycles. The summed E-state index contributed by atoms with van der Waals surface area (Å²) in [6, 6.07) is 40.3. The fourth-order valence-electron chi connectivity index (χ4n) is 7.14. The van der Waals surface area contributed by atoms with Crippen molar-refractivity contribution in [2.45, 2.75) is 12.3 Å². The lowest BCUT2D eigenvalue weighted by Gasteiger charge is -2.26.